The molecule has 3 rings (SSSR count). The third-order valence-corrected chi connectivity index (χ3v) is 4.82. The highest BCUT2D eigenvalue weighted by Gasteiger charge is 2.45. The van der Waals surface area contributed by atoms with Gasteiger partial charge in [0.2, 0.25) is 11.8 Å². The molecule has 25 heavy (non-hydrogen) atoms. The van der Waals surface area contributed by atoms with Crippen molar-refractivity contribution < 1.29 is 19.2 Å². The van der Waals surface area contributed by atoms with E-state index in [0.29, 0.717) is 17.7 Å². The molecule has 0 saturated carbocycles. The molecule has 2 heterocycles. The van der Waals surface area contributed by atoms with E-state index in [9.17, 15) is 19.2 Å². The molecule has 2 aliphatic rings. The Labute approximate surface area is 153 Å². The molecule has 1 fully saturated rings. The standard InChI is InChI=1S/C17H18BrN3O4/c1-20(8-7-18)9-10-3-2-4-11-14(10)17(25)21(16(11)24)12-5-6-13(22)19-15(12)23/h2-4,12H,5-9H2,1H3,(H,19,22,23). The number of fused-ring (bicyclic) bond motifs is 1. The van der Waals surface area contributed by atoms with Crippen LogP contribution in [-0.2, 0) is 16.1 Å². The molecule has 1 unspecified atom stereocenters. The predicted octanol–water partition coefficient (Wildman–Crippen LogP) is 0.914. The van der Waals surface area contributed by atoms with Gasteiger partial charge in [-0.25, -0.2) is 0 Å². The summed E-state index contributed by atoms with van der Waals surface area (Å²) in [4.78, 5) is 52.1. The smallest absolute Gasteiger partial charge is 0.262 e. The van der Waals surface area contributed by atoms with E-state index < -0.39 is 23.8 Å². The lowest BCUT2D eigenvalue weighted by atomic mass is 10.0. The second-order valence-corrected chi connectivity index (χ2v) is 7.01. The number of imide groups is 2. The molecule has 1 atom stereocenters. The zero-order valence-electron chi connectivity index (χ0n) is 13.8. The van der Waals surface area contributed by atoms with E-state index in [1.54, 1.807) is 12.1 Å². The van der Waals surface area contributed by atoms with Crippen LogP contribution in [0.5, 0.6) is 0 Å². The van der Waals surface area contributed by atoms with E-state index in [1.165, 1.54) is 0 Å². The van der Waals surface area contributed by atoms with Gasteiger partial charge in [0.25, 0.3) is 11.8 Å². The Hall–Kier alpha value is -2.06. The maximum absolute atomic E-state index is 12.9. The van der Waals surface area contributed by atoms with Crippen molar-refractivity contribution in [1.29, 1.82) is 0 Å². The number of nitrogens with zero attached hydrogens (tertiary/aromatic N) is 2. The summed E-state index contributed by atoms with van der Waals surface area (Å²) in [5.41, 5.74) is 1.44. The minimum Gasteiger partial charge on any atom is -0.301 e. The van der Waals surface area contributed by atoms with Crippen LogP contribution in [0.1, 0.15) is 39.1 Å². The summed E-state index contributed by atoms with van der Waals surface area (Å²) < 4.78 is 0. The number of hydrogen-bond acceptors (Lipinski definition) is 5. The Morgan fingerprint density at radius 2 is 2.00 bits per heavy atom. The zero-order chi connectivity index (χ0) is 18.1. The highest BCUT2D eigenvalue weighted by atomic mass is 79.9. The first kappa shape index (κ1) is 17.8. The Balaban J connectivity index is 1.91. The molecule has 8 heteroatoms. The van der Waals surface area contributed by atoms with Gasteiger partial charge in [-0.15, -0.1) is 0 Å². The van der Waals surface area contributed by atoms with Crippen molar-refractivity contribution in [2.45, 2.75) is 25.4 Å². The summed E-state index contributed by atoms with van der Waals surface area (Å²) in [6, 6.07) is 4.24. The lowest BCUT2D eigenvalue weighted by molar-refractivity contribution is -0.136. The Kier molecular flexibility index (Phi) is 5.01. The van der Waals surface area contributed by atoms with Gasteiger partial charge in [0.15, 0.2) is 0 Å². The summed E-state index contributed by atoms with van der Waals surface area (Å²) in [5, 5.41) is 3.00. The quantitative estimate of drug-likeness (QED) is 0.579. The molecule has 0 spiro atoms. The van der Waals surface area contributed by atoms with E-state index in [1.807, 2.05) is 18.0 Å². The Morgan fingerprint density at radius 3 is 2.68 bits per heavy atom. The molecular weight excluding hydrogens is 390 g/mol. The molecule has 1 saturated heterocycles. The van der Waals surface area contributed by atoms with Crippen molar-refractivity contribution in [2.75, 3.05) is 18.9 Å². The van der Waals surface area contributed by atoms with Crippen LogP contribution in [0.4, 0.5) is 0 Å². The van der Waals surface area contributed by atoms with Crippen molar-refractivity contribution in [3.8, 4) is 0 Å². The predicted molar refractivity (Wildman–Crippen MR) is 93.2 cm³/mol. The number of carbonyl (C=O) groups is 4. The number of piperidine rings is 1. The number of rotatable bonds is 5. The third-order valence-electron chi connectivity index (χ3n) is 4.46. The van der Waals surface area contributed by atoms with Gasteiger partial charge in [0, 0.05) is 24.8 Å². The number of alkyl halides is 1. The van der Waals surface area contributed by atoms with Crippen molar-refractivity contribution in [2.24, 2.45) is 0 Å². The number of benzene rings is 1. The van der Waals surface area contributed by atoms with E-state index in [4.69, 9.17) is 0 Å². The maximum atomic E-state index is 12.9. The second-order valence-electron chi connectivity index (χ2n) is 6.21. The molecule has 1 aromatic carbocycles. The molecule has 2 aliphatic heterocycles. The molecular formula is C17H18BrN3O4. The first-order valence-electron chi connectivity index (χ1n) is 8.02. The van der Waals surface area contributed by atoms with Crippen LogP contribution < -0.4 is 5.32 Å². The van der Waals surface area contributed by atoms with E-state index in [0.717, 1.165) is 22.3 Å². The van der Waals surface area contributed by atoms with E-state index in [-0.39, 0.29) is 18.7 Å². The topological polar surface area (TPSA) is 86.8 Å². The maximum Gasteiger partial charge on any atom is 0.262 e. The summed E-state index contributed by atoms with van der Waals surface area (Å²) >= 11 is 3.38. The molecule has 0 aliphatic carbocycles. The molecule has 4 amide bonds. The van der Waals surface area contributed by atoms with Crippen LogP contribution >= 0.6 is 15.9 Å². The molecule has 0 bridgehead atoms. The first-order valence-corrected chi connectivity index (χ1v) is 9.14. The van der Waals surface area contributed by atoms with Gasteiger partial charge in [0.1, 0.15) is 6.04 Å². The highest BCUT2D eigenvalue weighted by Crippen LogP contribution is 2.30. The van der Waals surface area contributed by atoms with Crippen LogP contribution in [0, 0.1) is 0 Å². The van der Waals surface area contributed by atoms with Crippen molar-refractivity contribution in [3.63, 3.8) is 0 Å². The molecule has 1 aromatic rings. The van der Waals surface area contributed by atoms with E-state index in [2.05, 4.69) is 21.2 Å². The number of carbonyl (C=O) groups excluding carboxylic acids is 4. The van der Waals surface area contributed by atoms with Crippen LogP contribution in [0.15, 0.2) is 18.2 Å². The van der Waals surface area contributed by atoms with Crippen molar-refractivity contribution >= 4 is 39.6 Å². The molecule has 0 aromatic heterocycles. The van der Waals surface area contributed by atoms with Crippen LogP contribution in [0.25, 0.3) is 0 Å². The second kappa shape index (κ2) is 7.05. The minimum atomic E-state index is -0.932. The average molecular weight is 408 g/mol. The number of amides is 4. The van der Waals surface area contributed by atoms with Gasteiger partial charge < -0.3 is 4.90 Å². The largest absolute Gasteiger partial charge is 0.301 e. The van der Waals surface area contributed by atoms with Gasteiger partial charge in [-0.3, -0.25) is 29.4 Å². The van der Waals surface area contributed by atoms with Gasteiger partial charge in [0.05, 0.1) is 11.1 Å². The normalized spacial score (nSPS) is 20.3. The van der Waals surface area contributed by atoms with Gasteiger partial charge in [-0.1, -0.05) is 28.1 Å². The average Bonchev–Trinajstić information content (AvgIpc) is 2.81. The summed E-state index contributed by atoms with van der Waals surface area (Å²) in [6.45, 7) is 1.32. The van der Waals surface area contributed by atoms with Gasteiger partial charge in [-0.2, -0.15) is 0 Å². The van der Waals surface area contributed by atoms with Crippen LogP contribution in [0.3, 0.4) is 0 Å². The van der Waals surface area contributed by atoms with Gasteiger partial charge >= 0.3 is 0 Å². The fourth-order valence-electron chi connectivity index (χ4n) is 3.23. The molecule has 0 radical (unpaired) electrons. The summed E-state index contributed by atoms with van der Waals surface area (Å²) in [7, 11) is 1.93. The Bertz CT molecular complexity index is 764. The SMILES string of the molecule is CN(CCBr)Cc1cccc2c1C(=O)N(C1CCC(=O)NC1=O)C2=O. The lowest BCUT2D eigenvalue weighted by Crippen LogP contribution is -2.54. The summed E-state index contributed by atoms with van der Waals surface area (Å²) in [5.74, 6) is -1.91. The Morgan fingerprint density at radius 1 is 1.24 bits per heavy atom. The summed E-state index contributed by atoms with van der Waals surface area (Å²) in [6.07, 6.45) is 0.277. The van der Waals surface area contributed by atoms with Crippen molar-refractivity contribution in [3.05, 3.63) is 34.9 Å². The van der Waals surface area contributed by atoms with Crippen LogP contribution in [-0.4, -0.2) is 58.4 Å². The van der Waals surface area contributed by atoms with E-state index >= 15 is 0 Å². The zero-order valence-corrected chi connectivity index (χ0v) is 15.3. The third kappa shape index (κ3) is 3.23. The lowest BCUT2D eigenvalue weighted by Gasteiger charge is -2.28. The number of halogens is 1. The number of nitrogens with one attached hydrogen (secondary N) is 1. The minimum absolute atomic E-state index is 0.116. The fraction of sp³-hybridized carbons (Fsp3) is 0.412. The highest BCUT2D eigenvalue weighted by molar-refractivity contribution is 9.09. The molecule has 7 nitrogen and oxygen atoms in total. The number of hydrogen-bond donors (Lipinski definition) is 1. The first-order chi connectivity index (χ1) is 11.9. The van der Waals surface area contributed by atoms with Gasteiger partial charge in [-0.05, 0) is 25.1 Å². The molecule has 1 N–H and O–H groups in total. The molecule has 132 valence electrons. The monoisotopic (exact) mass is 407 g/mol. The fourth-order valence-corrected chi connectivity index (χ4v) is 3.84. The van der Waals surface area contributed by atoms with Crippen molar-refractivity contribution in [1.82, 2.24) is 15.1 Å². The van der Waals surface area contributed by atoms with Crippen LogP contribution in [0.2, 0.25) is 0 Å².